The fraction of sp³-hybridized carbons (Fsp3) is 0.238. The summed E-state index contributed by atoms with van der Waals surface area (Å²) < 4.78 is 0. The Morgan fingerprint density at radius 1 is 1.14 bits per heavy atom. The van der Waals surface area contributed by atoms with Crippen molar-refractivity contribution in [3.05, 3.63) is 63.8 Å². The second-order valence-corrected chi connectivity index (χ2v) is 7.89. The van der Waals surface area contributed by atoms with E-state index in [0.717, 1.165) is 16.8 Å². The number of nitrogens with zero attached hydrogens (tertiary/aromatic N) is 1. The van der Waals surface area contributed by atoms with Gasteiger partial charge in [-0.3, -0.25) is 9.59 Å². The lowest BCUT2D eigenvalue weighted by Gasteiger charge is -2.16. The van der Waals surface area contributed by atoms with Gasteiger partial charge in [-0.15, -0.1) is 0 Å². The summed E-state index contributed by atoms with van der Waals surface area (Å²) in [5.74, 6) is -0.540. The number of aryl methyl sites for hydroxylation is 1. The molecule has 1 fully saturated rings. The molecule has 0 bridgehead atoms. The third-order valence-corrected chi connectivity index (χ3v) is 5.40. The average molecular weight is 416 g/mol. The average Bonchev–Trinajstić information content (AvgIpc) is 3.14. The summed E-state index contributed by atoms with van der Waals surface area (Å²) in [6, 6.07) is 10.4. The Morgan fingerprint density at radius 3 is 2.64 bits per heavy atom. The van der Waals surface area contributed by atoms with Crippen LogP contribution in [0.15, 0.2) is 42.6 Å². The molecule has 7 heteroatoms. The number of carbonyl (C=O) groups is 2. The van der Waals surface area contributed by atoms with E-state index in [1.165, 1.54) is 16.5 Å². The molecular formula is C21H19Cl2N3O2. The molecule has 1 aromatic heterocycles. The van der Waals surface area contributed by atoms with Crippen LogP contribution in [0.25, 0.3) is 10.9 Å². The van der Waals surface area contributed by atoms with Crippen molar-refractivity contribution in [1.29, 1.82) is 0 Å². The van der Waals surface area contributed by atoms with Gasteiger partial charge in [-0.05, 0) is 49.2 Å². The lowest BCUT2D eigenvalue weighted by atomic mass is 10.1. The molecular weight excluding hydrogens is 397 g/mol. The first-order chi connectivity index (χ1) is 13.4. The molecule has 3 aromatic rings. The van der Waals surface area contributed by atoms with Crippen LogP contribution in [0, 0.1) is 6.92 Å². The molecule has 28 heavy (non-hydrogen) atoms. The molecule has 1 aliphatic rings. The number of carbonyl (C=O) groups excluding carboxylic acids is 2. The van der Waals surface area contributed by atoms with Crippen LogP contribution in [-0.2, 0) is 16.0 Å². The number of aromatic amines is 1. The molecule has 1 atom stereocenters. The van der Waals surface area contributed by atoms with Crippen LogP contribution in [0.5, 0.6) is 0 Å². The van der Waals surface area contributed by atoms with E-state index in [4.69, 9.17) is 23.2 Å². The van der Waals surface area contributed by atoms with Crippen molar-refractivity contribution in [3.8, 4) is 0 Å². The van der Waals surface area contributed by atoms with Gasteiger partial charge in [0.25, 0.3) is 5.91 Å². The Hall–Kier alpha value is -2.34. The highest BCUT2D eigenvalue weighted by atomic mass is 35.5. The number of imide groups is 1. The highest BCUT2D eigenvalue weighted by molar-refractivity contribution is 6.35. The van der Waals surface area contributed by atoms with Crippen molar-refractivity contribution < 1.29 is 9.59 Å². The summed E-state index contributed by atoms with van der Waals surface area (Å²) in [6.45, 7) is 2.66. The van der Waals surface area contributed by atoms with Gasteiger partial charge in [-0.2, -0.15) is 0 Å². The Bertz CT molecular complexity index is 1060. The van der Waals surface area contributed by atoms with E-state index in [2.05, 4.69) is 35.4 Å². The monoisotopic (exact) mass is 415 g/mol. The molecule has 0 spiro atoms. The van der Waals surface area contributed by atoms with E-state index in [9.17, 15) is 9.59 Å². The molecule has 2 aromatic carbocycles. The summed E-state index contributed by atoms with van der Waals surface area (Å²) in [5.41, 5.74) is 3.88. The molecule has 5 nitrogen and oxygen atoms in total. The van der Waals surface area contributed by atoms with Gasteiger partial charge in [0.05, 0.1) is 18.2 Å². The van der Waals surface area contributed by atoms with Crippen molar-refractivity contribution in [1.82, 2.24) is 10.3 Å². The van der Waals surface area contributed by atoms with E-state index in [-0.39, 0.29) is 18.2 Å². The molecule has 0 saturated carbocycles. The second kappa shape index (κ2) is 7.59. The number of nitrogens with one attached hydrogen (secondary N) is 2. The Morgan fingerprint density at radius 2 is 1.89 bits per heavy atom. The quantitative estimate of drug-likeness (QED) is 0.612. The molecule has 2 amide bonds. The van der Waals surface area contributed by atoms with Crippen LogP contribution >= 0.6 is 23.2 Å². The fourth-order valence-electron chi connectivity index (χ4n) is 3.61. The summed E-state index contributed by atoms with van der Waals surface area (Å²) in [6.07, 6.45) is 2.87. The number of rotatable bonds is 5. The van der Waals surface area contributed by atoms with Crippen molar-refractivity contribution in [3.63, 3.8) is 0 Å². The van der Waals surface area contributed by atoms with E-state index in [1.54, 1.807) is 18.2 Å². The van der Waals surface area contributed by atoms with Gasteiger partial charge in [-0.1, -0.05) is 34.8 Å². The van der Waals surface area contributed by atoms with Crippen molar-refractivity contribution in [2.45, 2.75) is 25.8 Å². The van der Waals surface area contributed by atoms with Gasteiger partial charge in [0.1, 0.15) is 0 Å². The first kappa shape index (κ1) is 19.0. The largest absolute Gasteiger partial charge is 0.361 e. The predicted octanol–water partition coefficient (Wildman–Crippen LogP) is 4.25. The van der Waals surface area contributed by atoms with Crippen molar-refractivity contribution >= 4 is 51.6 Å². The molecule has 4 rings (SSSR count). The SMILES string of the molecule is Cc1ccc2[nH]cc(CCN[C@@H]3CC(=O)N(c4cc(Cl)cc(Cl)c4)C3=O)c2c1. The molecule has 0 unspecified atom stereocenters. The van der Waals surface area contributed by atoms with Gasteiger partial charge < -0.3 is 10.3 Å². The summed E-state index contributed by atoms with van der Waals surface area (Å²) >= 11 is 12.0. The summed E-state index contributed by atoms with van der Waals surface area (Å²) in [7, 11) is 0. The van der Waals surface area contributed by atoms with Gasteiger partial charge in [0.15, 0.2) is 0 Å². The number of hydrogen-bond donors (Lipinski definition) is 2. The second-order valence-electron chi connectivity index (χ2n) is 7.02. The van der Waals surface area contributed by atoms with Gasteiger partial charge in [-0.25, -0.2) is 4.90 Å². The third-order valence-electron chi connectivity index (χ3n) is 4.96. The topological polar surface area (TPSA) is 65.2 Å². The fourth-order valence-corrected chi connectivity index (χ4v) is 4.13. The first-order valence-electron chi connectivity index (χ1n) is 9.05. The zero-order chi connectivity index (χ0) is 19.8. The van der Waals surface area contributed by atoms with Crippen LogP contribution in [0.1, 0.15) is 17.5 Å². The Labute approximate surface area is 172 Å². The van der Waals surface area contributed by atoms with Gasteiger partial charge in [0.2, 0.25) is 5.91 Å². The minimum Gasteiger partial charge on any atom is -0.361 e. The predicted molar refractivity (Wildman–Crippen MR) is 112 cm³/mol. The van der Waals surface area contributed by atoms with Crippen LogP contribution in [-0.4, -0.2) is 29.4 Å². The minimum absolute atomic E-state index is 0.121. The van der Waals surface area contributed by atoms with Gasteiger partial charge >= 0.3 is 0 Å². The summed E-state index contributed by atoms with van der Waals surface area (Å²) in [4.78, 5) is 29.6. The smallest absolute Gasteiger partial charge is 0.251 e. The zero-order valence-electron chi connectivity index (χ0n) is 15.3. The molecule has 1 saturated heterocycles. The summed E-state index contributed by atoms with van der Waals surface area (Å²) in [5, 5.41) is 5.17. The maximum atomic E-state index is 12.7. The first-order valence-corrected chi connectivity index (χ1v) is 9.81. The van der Waals surface area contributed by atoms with E-state index in [0.29, 0.717) is 22.3 Å². The van der Waals surface area contributed by atoms with Crippen LogP contribution in [0.3, 0.4) is 0 Å². The normalized spacial score (nSPS) is 17.1. The van der Waals surface area contributed by atoms with E-state index in [1.807, 2.05) is 6.20 Å². The van der Waals surface area contributed by atoms with Crippen LogP contribution in [0.4, 0.5) is 5.69 Å². The maximum Gasteiger partial charge on any atom is 0.251 e. The molecule has 0 aliphatic carbocycles. The zero-order valence-corrected chi connectivity index (χ0v) is 16.8. The van der Waals surface area contributed by atoms with E-state index >= 15 is 0 Å². The minimum atomic E-state index is -0.544. The molecule has 144 valence electrons. The highest BCUT2D eigenvalue weighted by Crippen LogP contribution is 2.29. The van der Waals surface area contributed by atoms with Crippen LogP contribution in [0.2, 0.25) is 10.0 Å². The van der Waals surface area contributed by atoms with Crippen molar-refractivity contribution in [2.24, 2.45) is 0 Å². The standard InChI is InChI=1S/C21H19Cl2N3O2/c1-12-2-3-18-17(6-12)13(11-25-18)4-5-24-19-10-20(27)26(21(19)28)16-8-14(22)7-15(23)9-16/h2-3,6-9,11,19,24-25H,4-5,10H2,1H3/t19-/m1/s1. The number of benzene rings is 2. The Balaban J connectivity index is 1.43. The number of anilines is 1. The van der Waals surface area contributed by atoms with Crippen molar-refractivity contribution in [2.75, 3.05) is 11.4 Å². The number of halogens is 2. The highest BCUT2D eigenvalue weighted by Gasteiger charge is 2.39. The Kier molecular flexibility index (Phi) is 5.15. The molecule has 2 N–H and O–H groups in total. The molecule has 0 radical (unpaired) electrons. The number of fused-ring (bicyclic) bond motifs is 1. The number of aromatic nitrogens is 1. The molecule has 2 heterocycles. The number of hydrogen-bond acceptors (Lipinski definition) is 3. The van der Waals surface area contributed by atoms with Gasteiger partial charge in [0, 0.05) is 33.7 Å². The maximum absolute atomic E-state index is 12.7. The molecule has 1 aliphatic heterocycles. The third kappa shape index (κ3) is 3.65. The lowest BCUT2D eigenvalue weighted by molar-refractivity contribution is -0.121. The van der Waals surface area contributed by atoms with E-state index < -0.39 is 6.04 Å². The lowest BCUT2D eigenvalue weighted by Crippen LogP contribution is -2.39. The number of H-pyrrole nitrogens is 1. The number of amides is 2. The van der Waals surface area contributed by atoms with Crippen LogP contribution < -0.4 is 10.2 Å².